The summed E-state index contributed by atoms with van der Waals surface area (Å²) < 4.78 is 36.4. The molecule has 2 rings (SSSR count). The maximum Gasteiger partial charge on any atom is 0.401 e. The molecule has 0 radical (unpaired) electrons. The van der Waals surface area contributed by atoms with Gasteiger partial charge < -0.3 is 4.90 Å². The number of alkyl halides is 3. The van der Waals surface area contributed by atoms with Crippen LogP contribution >= 0.6 is 0 Å². The lowest BCUT2D eigenvalue weighted by molar-refractivity contribution is -0.154. The van der Waals surface area contributed by atoms with E-state index in [1.54, 1.807) is 0 Å². The van der Waals surface area contributed by atoms with Crippen molar-refractivity contribution >= 4 is 0 Å². The van der Waals surface area contributed by atoms with Crippen molar-refractivity contribution in [3.8, 4) is 0 Å². The van der Waals surface area contributed by atoms with Crippen LogP contribution < -0.4 is 0 Å². The van der Waals surface area contributed by atoms with E-state index in [9.17, 15) is 13.2 Å². The molecule has 2 fully saturated rings. The van der Waals surface area contributed by atoms with Crippen molar-refractivity contribution in [2.24, 2.45) is 5.41 Å². The van der Waals surface area contributed by atoms with Crippen LogP contribution in [-0.2, 0) is 0 Å². The van der Waals surface area contributed by atoms with Crippen molar-refractivity contribution in [1.29, 1.82) is 0 Å². The molecule has 0 N–H and O–H groups in total. The van der Waals surface area contributed by atoms with Gasteiger partial charge in [0.2, 0.25) is 0 Å². The molecule has 2 saturated heterocycles. The molecule has 0 aliphatic carbocycles. The summed E-state index contributed by atoms with van der Waals surface area (Å²) in [5.74, 6) is 0. The lowest BCUT2D eigenvalue weighted by Crippen LogP contribution is -2.59. The van der Waals surface area contributed by atoms with Crippen LogP contribution in [0, 0.1) is 5.41 Å². The second-order valence-corrected chi connectivity index (χ2v) is 5.06. The van der Waals surface area contributed by atoms with Gasteiger partial charge in [-0.1, -0.05) is 27.7 Å². The molecule has 0 amide bonds. The molecular formula is C14H29F3N2. The lowest BCUT2D eigenvalue weighted by Gasteiger charge is -2.53. The molecule has 0 aromatic rings. The van der Waals surface area contributed by atoms with Gasteiger partial charge in [0, 0.05) is 13.1 Å². The molecule has 1 spiro atoms. The standard InChI is InChI=1S/C10H17F3N2.2C2H6/c1-14-6-9(7-14)2-4-15(5-3-9)8-10(11,12)13;2*1-2/h2-8H2,1H3;2*1-2H3. The van der Waals surface area contributed by atoms with Gasteiger partial charge in [-0.3, -0.25) is 4.90 Å². The fraction of sp³-hybridized carbons (Fsp3) is 1.00. The zero-order chi connectivity index (χ0) is 15.1. The summed E-state index contributed by atoms with van der Waals surface area (Å²) in [5.41, 5.74) is 0.344. The lowest BCUT2D eigenvalue weighted by atomic mass is 9.72. The van der Waals surface area contributed by atoms with E-state index in [0.717, 1.165) is 25.9 Å². The third-order valence-electron chi connectivity index (χ3n) is 3.53. The predicted octanol–water partition coefficient (Wildman–Crippen LogP) is 3.63. The van der Waals surface area contributed by atoms with E-state index in [1.807, 2.05) is 27.7 Å². The minimum Gasteiger partial charge on any atom is -0.305 e. The minimum absolute atomic E-state index is 0.344. The largest absolute Gasteiger partial charge is 0.401 e. The van der Waals surface area contributed by atoms with Gasteiger partial charge in [0.25, 0.3) is 0 Å². The average Bonchev–Trinajstić information content (AvgIpc) is 2.34. The van der Waals surface area contributed by atoms with E-state index in [2.05, 4.69) is 11.9 Å². The molecule has 5 heteroatoms. The Morgan fingerprint density at radius 1 is 0.947 bits per heavy atom. The number of likely N-dealkylation sites (tertiary alicyclic amines) is 2. The molecule has 0 aromatic carbocycles. The van der Waals surface area contributed by atoms with Crippen molar-refractivity contribution in [3.05, 3.63) is 0 Å². The highest BCUT2D eigenvalue weighted by molar-refractivity contribution is 4.97. The molecular weight excluding hydrogens is 253 g/mol. The summed E-state index contributed by atoms with van der Waals surface area (Å²) in [5, 5.41) is 0. The zero-order valence-corrected chi connectivity index (χ0v) is 13.0. The number of rotatable bonds is 1. The van der Waals surface area contributed by atoms with Gasteiger partial charge in [-0.2, -0.15) is 13.2 Å². The summed E-state index contributed by atoms with van der Waals surface area (Å²) in [6.45, 7) is 10.6. The van der Waals surface area contributed by atoms with Gasteiger partial charge in [0.05, 0.1) is 6.54 Å². The quantitative estimate of drug-likeness (QED) is 0.724. The van der Waals surface area contributed by atoms with Gasteiger partial charge in [0.1, 0.15) is 0 Å². The Balaban J connectivity index is 0.000000741. The summed E-state index contributed by atoms with van der Waals surface area (Å²) in [6.07, 6.45) is -2.19. The van der Waals surface area contributed by atoms with Gasteiger partial charge >= 0.3 is 6.18 Å². The Morgan fingerprint density at radius 3 is 1.68 bits per heavy atom. The Hall–Kier alpha value is -0.290. The van der Waals surface area contributed by atoms with E-state index in [0.29, 0.717) is 18.5 Å². The zero-order valence-electron chi connectivity index (χ0n) is 13.0. The summed E-state index contributed by atoms with van der Waals surface area (Å²) >= 11 is 0. The first kappa shape index (κ1) is 18.7. The summed E-state index contributed by atoms with van der Waals surface area (Å²) in [4.78, 5) is 3.77. The summed E-state index contributed by atoms with van der Waals surface area (Å²) in [7, 11) is 2.06. The Morgan fingerprint density at radius 2 is 1.37 bits per heavy atom. The third kappa shape index (κ3) is 6.13. The number of hydrogen-bond acceptors (Lipinski definition) is 2. The number of hydrogen-bond donors (Lipinski definition) is 0. The normalized spacial score (nSPS) is 22.7. The maximum atomic E-state index is 12.1. The van der Waals surface area contributed by atoms with Crippen LogP contribution in [0.25, 0.3) is 0 Å². The highest BCUT2D eigenvalue weighted by atomic mass is 19.4. The second-order valence-electron chi connectivity index (χ2n) is 5.06. The van der Waals surface area contributed by atoms with E-state index < -0.39 is 12.7 Å². The number of halogens is 3. The monoisotopic (exact) mass is 282 g/mol. The molecule has 2 heterocycles. The Bertz CT molecular complexity index is 225. The van der Waals surface area contributed by atoms with E-state index >= 15 is 0 Å². The van der Waals surface area contributed by atoms with Crippen LogP contribution in [0.1, 0.15) is 40.5 Å². The smallest absolute Gasteiger partial charge is 0.305 e. The second kappa shape index (κ2) is 8.10. The van der Waals surface area contributed by atoms with Crippen LogP contribution in [-0.4, -0.2) is 55.7 Å². The summed E-state index contributed by atoms with van der Waals surface area (Å²) in [6, 6.07) is 0. The van der Waals surface area contributed by atoms with Crippen LogP contribution in [0.4, 0.5) is 13.2 Å². The molecule has 116 valence electrons. The number of piperidine rings is 1. The van der Waals surface area contributed by atoms with Crippen molar-refractivity contribution in [2.45, 2.75) is 46.7 Å². The van der Waals surface area contributed by atoms with Crippen molar-refractivity contribution in [1.82, 2.24) is 9.80 Å². The highest BCUT2D eigenvalue weighted by Crippen LogP contribution is 2.39. The van der Waals surface area contributed by atoms with Crippen molar-refractivity contribution in [2.75, 3.05) is 39.8 Å². The molecule has 2 nitrogen and oxygen atoms in total. The topological polar surface area (TPSA) is 6.48 Å². The maximum absolute atomic E-state index is 12.1. The number of nitrogens with zero attached hydrogens (tertiary/aromatic N) is 2. The molecule has 0 atom stereocenters. The third-order valence-corrected chi connectivity index (χ3v) is 3.53. The fourth-order valence-electron chi connectivity index (χ4n) is 2.85. The van der Waals surface area contributed by atoms with Crippen molar-refractivity contribution < 1.29 is 13.2 Å². The van der Waals surface area contributed by atoms with Gasteiger partial charge in [-0.15, -0.1) is 0 Å². The van der Waals surface area contributed by atoms with Gasteiger partial charge in [-0.25, -0.2) is 0 Å². The molecule has 19 heavy (non-hydrogen) atoms. The Kier molecular flexibility index (Phi) is 7.98. The van der Waals surface area contributed by atoms with E-state index in [4.69, 9.17) is 0 Å². The van der Waals surface area contributed by atoms with Gasteiger partial charge in [0.15, 0.2) is 0 Å². The highest BCUT2D eigenvalue weighted by Gasteiger charge is 2.44. The Labute approximate surface area is 115 Å². The predicted molar refractivity (Wildman–Crippen MR) is 74.4 cm³/mol. The van der Waals surface area contributed by atoms with Crippen LogP contribution in [0.15, 0.2) is 0 Å². The first-order valence-electron chi connectivity index (χ1n) is 7.36. The van der Waals surface area contributed by atoms with Gasteiger partial charge in [-0.05, 0) is 38.4 Å². The average molecular weight is 282 g/mol. The first-order chi connectivity index (χ1) is 8.89. The fourth-order valence-corrected chi connectivity index (χ4v) is 2.85. The van der Waals surface area contributed by atoms with Crippen LogP contribution in [0.3, 0.4) is 0 Å². The van der Waals surface area contributed by atoms with Crippen LogP contribution in [0.5, 0.6) is 0 Å². The van der Waals surface area contributed by atoms with E-state index in [1.165, 1.54) is 4.90 Å². The minimum atomic E-state index is -4.04. The molecule has 2 aliphatic heterocycles. The molecule has 2 aliphatic rings. The molecule has 0 saturated carbocycles. The SMILES string of the molecule is CC.CC.CN1CC2(CCN(CC(F)(F)F)CC2)C1. The molecule has 0 bridgehead atoms. The van der Waals surface area contributed by atoms with E-state index in [-0.39, 0.29) is 0 Å². The molecule has 0 unspecified atom stereocenters. The first-order valence-corrected chi connectivity index (χ1v) is 7.36. The van der Waals surface area contributed by atoms with Crippen molar-refractivity contribution in [3.63, 3.8) is 0 Å². The molecule has 0 aromatic heterocycles. The van der Waals surface area contributed by atoms with Crippen LogP contribution in [0.2, 0.25) is 0 Å².